The molecule has 0 saturated carbocycles. The van der Waals surface area contributed by atoms with Gasteiger partial charge < -0.3 is 14.2 Å². The molecule has 1 fully saturated rings. The summed E-state index contributed by atoms with van der Waals surface area (Å²) in [6.45, 7) is 3.33. The molecule has 0 unspecified atom stereocenters. The number of furan rings is 1. The average molecular weight is 430 g/mol. The highest BCUT2D eigenvalue weighted by Crippen LogP contribution is 2.23. The van der Waals surface area contributed by atoms with Gasteiger partial charge in [-0.05, 0) is 47.1 Å². The summed E-state index contributed by atoms with van der Waals surface area (Å²) in [4.78, 5) is 28.3. The SMILES string of the molecule is Cc1cc(Br)oc1C(=O)N1CCN(C(=O)c2ccc(F)cc2Cl)CC1. The van der Waals surface area contributed by atoms with Gasteiger partial charge in [-0.25, -0.2) is 4.39 Å². The fourth-order valence-corrected chi connectivity index (χ4v) is 3.50. The predicted octanol–water partition coefficient (Wildman–Crippen LogP) is 3.74. The van der Waals surface area contributed by atoms with Crippen LogP contribution in [0.3, 0.4) is 0 Å². The van der Waals surface area contributed by atoms with Gasteiger partial charge in [-0.15, -0.1) is 0 Å². The molecular weight excluding hydrogens is 415 g/mol. The van der Waals surface area contributed by atoms with E-state index in [1.165, 1.54) is 12.1 Å². The Morgan fingerprint density at radius 2 is 1.72 bits per heavy atom. The number of halogens is 3. The van der Waals surface area contributed by atoms with Gasteiger partial charge in [0.25, 0.3) is 11.8 Å². The van der Waals surface area contributed by atoms with Gasteiger partial charge in [-0.3, -0.25) is 9.59 Å². The van der Waals surface area contributed by atoms with Crippen molar-refractivity contribution < 1.29 is 18.4 Å². The molecule has 0 atom stereocenters. The molecule has 2 aromatic rings. The van der Waals surface area contributed by atoms with Gasteiger partial charge in [0.05, 0.1) is 10.6 Å². The Morgan fingerprint density at radius 1 is 1.12 bits per heavy atom. The van der Waals surface area contributed by atoms with Crippen LogP contribution < -0.4 is 0 Å². The Morgan fingerprint density at radius 3 is 2.24 bits per heavy atom. The van der Waals surface area contributed by atoms with E-state index >= 15 is 0 Å². The molecule has 0 bridgehead atoms. The largest absolute Gasteiger partial charge is 0.444 e. The molecule has 5 nitrogen and oxygen atoms in total. The first-order valence-electron chi connectivity index (χ1n) is 7.66. The van der Waals surface area contributed by atoms with E-state index in [2.05, 4.69) is 15.9 Å². The fourth-order valence-electron chi connectivity index (χ4n) is 2.75. The molecule has 25 heavy (non-hydrogen) atoms. The molecule has 1 saturated heterocycles. The lowest BCUT2D eigenvalue weighted by Crippen LogP contribution is -2.50. The van der Waals surface area contributed by atoms with Gasteiger partial charge in [0.2, 0.25) is 0 Å². The average Bonchev–Trinajstić information content (AvgIpc) is 2.92. The molecule has 2 heterocycles. The summed E-state index contributed by atoms with van der Waals surface area (Å²) in [6.07, 6.45) is 0. The summed E-state index contributed by atoms with van der Waals surface area (Å²) >= 11 is 9.17. The molecule has 0 radical (unpaired) electrons. The zero-order valence-corrected chi connectivity index (χ0v) is 15.7. The van der Waals surface area contributed by atoms with Gasteiger partial charge in [-0.1, -0.05) is 11.6 Å². The summed E-state index contributed by atoms with van der Waals surface area (Å²) in [5.41, 5.74) is 1.02. The minimum absolute atomic E-state index is 0.0829. The first kappa shape index (κ1) is 17.9. The number of amides is 2. The van der Waals surface area contributed by atoms with Gasteiger partial charge in [0.15, 0.2) is 10.4 Å². The Balaban J connectivity index is 1.66. The molecule has 0 N–H and O–H groups in total. The van der Waals surface area contributed by atoms with Crippen LogP contribution in [0, 0.1) is 12.7 Å². The summed E-state index contributed by atoms with van der Waals surface area (Å²) in [5.74, 6) is -0.658. The van der Waals surface area contributed by atoms with E-state index < -0.39 is 5.82 Å². The molecule has 1 aromatic carbocycles. The second-order valence-electron chi connectivity index (χ2n) is 5.77. The van der Waals surface area contributed by atoms with E-state index in [0.29, 0.717) is 36.6 Å². The third kappa shape index (κ3) is 3.72. The molecule has 2 amide bonds. The number of rotatable bonds is 2. The Bertz CT molecular complexity index is 831. The Hall–Kier alpha value is -1.86. The van der Waals surface area contributed by atoms with Crippen molar-refractivity contribution in [3.05, 3.63) is 56.7 Å². The van der Waals surface area contributed by atoms with Crippen molar-refractivity contribution in [1.29, 1.82) is 0 Å². The minimum Gasteiger partial charge on any atom is -0.444 e. The van der Waals surface area contributed by atoms with Crippen LogP contribution >= 0.6 is 27.5 Å². The first-order chi connectivity index (χ1) is 11.9. The van der Waals surface area contributed by atoms with E-state index in [4.69, 9.17) is 16.0 Å². The summed E-state index contributed by atoms with van der Waals surface area (Å²) in [7, 11) is 0. The van der Waals surface area contributed by atoms with Crippen molar-refractivity contribution in [2.45, 2.75) is 6.92 Å². The van der Waals surface area contributed by atoms with Crippen LogP contribution in [-0.2, 0) is 0 Å². The predicted molar refractivity (Wildman–Crippen MR) is 94.4 cm³/mol. The lowest BCUT2D eigenvalue weighted by atomic mass is 10.1. The molecule has 1 aliphatic rings. The summed E-state index contributed by atoms with van der Waals surface area (Å²) < 4.78 is 19.0. The van der Waals surface area contributed by atoms with Gasteiger partial charge in [-0.2, -0.15) is 0 Å². The minimum atomic E-state index is -0.489. The third-order valence-corrected chi connectivity index (χ3v) is 4.80. The number of carbonyl (C=O) groups is 2. The zero-order chi connectivity index (χ0) is 18.1. The molecule has 1 aliphatic heterocycles. The topological polar surface area (TPSA) is 53.8 Å². The quantitative estimate of drug-likeness (QED) is 0.731. The highest BCUT2D eigenvalue weighted by atomic mass is 79.9. The number of carbonyl (C=O) groups excluding carboxylic acids is 2. The lowest BCUT2D eigenvalue weighted by molar-refractivity contribution is 0.0516. The van der Waals surface area contributed by atoms with E-state index in [-0.39, 0.29) is 22.4 Å². The number of hydrogen-bond donors (Lipinski definition) is 0. The van der Waals surface area contributed by atoms with Crippen LogP contribution in [0.15, 0.2) is 33.4 Å². The Labute approximate surface area is 157 Å². The van der Waals surface area contributed by atoms with Crippen LogP contribution in [0.1, 0.15) is 26.5 Å². The molecule has 0 aliphatic carbocycles. The van der Waals surface area contributed by atoms with Gasteiger partial charge in [0.1, 0.15) is 5.82 Å². The first-order valence-corrected chi connectivity index (χ1v) is 8.83. The lowest BCUT2D eigenvalue weighted by Gasteiger charge is -2.34. The van der Waals surface area contributed by atoms with E-state index in [9.17, 15) is 14.0 Å². The molecule has 8 heteroatoms. The van der Waals surface area contributed by atoms with E-state index in [1.54, 1.807) is 22.8 Å². The van der Waals surface area contributed by atoms with E-state index in [0.717, 1.165) is 11.6 Å². The molecule has 3 rings (SSSR count). The maximum absolute atomic E-state index is 13.1. The second-order valence-corrected chi connectivity index (χ2v) is 6.96. The van der Waals surface area contributed by atoms with Crippen molar-refractivity contribution in [3.63, 3.8) is 0 Å². The maximum Gasteiger partial charge on any atom is 0.290 e. The Kier molecular flexibility index (Phi) is 5.15. The standard InChI is InChI=1S/C17H15BrClFN2O3/c1-10-8-14(18)25-15(10)17(24)22-6-4-21(5-7-22)16(23)12-3-2-11(20)9-13(12)19/h2-3,8-9H,4-7H2,1H3. The van der Waals surface area contributed by atoms with Crippen LogP contribution in [0.25, 0.3) is 0 Å². The van der Waals surface area contributed by atoms with Crippen LogP contribution in [0.5, 0.6) is 0 Å². The van der Waals surface area contributed by atoms with Crippen molar-refractivity contribution in [2.24, 2.45) is 0 Å². The van der Waals surface area contributed by atoms with Crippen LogP contribution in [0.4, 0.5) is 4.39 Å². The van der Waals surface area contributed by atoms with E-state index in [1.807, 2.05) is 0 Å². The second kappa shape index (κ2) is 7.17. The molecule has 1 aromatic heterocycles. The highest BCUT2D eigenvalue weighted by molar-refractivity contribution is 9.10. The molecule has 132 valence electrons. The van der Waals surface area contributed by atoms with Crippen LogP contribution in [0.2, 0.25) is 5.02 Å². The zero-order valence-electron chi connectivity index (χ0n) is 13.4. The molecular formula is C17H15BrClFN2O3. The molecule has 0 spiro atoms. The number of hydrogen-bond acceptors (Lipinski definition) is 3. The van der Waals surface area contributed by atoms with Crippen molar-refractivity contribution >= 4 is 39.3 Å². The number of benzene rings is 1. The number of nitrogens with zero attached hydrogens (tertiary/aromatic N) is 2. The number of aryl methyl sites for hydroxylation is 1. The number of piperazine rings is 1. The monoisotopic (exact) mass is 428 g/mol. The summed E-state index contributed by atoms with van der Waals surface area (Å²) in [5, 5.41) is 0.0829. The van der Waals surface area contributed by atoms with Crippen LogP contribution in [-0.4, -0.2) is 47.8 Å². The fraction of sp³-hybridized carbons (Fsp3) is 0.294. The highest BCUT2D eigenvalue weighted by Gasteiger charge is 2.28. The summed E-state index contributed by atoms with van der Waals surface area (Å²) in [6, 6.07) is 5.44. The van der Waals surface area contributed by atoms with Gasteiger partial charge >= 0.3 is 0 Å². The maximum atomic E-state index is 13.1. The van der Waals surface area contributed by atoms with Crippen molar-refractivity contribution in [2.75, 3.05) is 26.2 Å². The normalized spacial score (nSPS) is 14.7. The van der Waals surface area contributed by atoms with Gasteiger partial charge in [0, 0.05) is 31.7 Å². The van der Waals surface area contributed by atoms with Crippen molar-refractivity contribution in [1.82, 2.24) is 9.80 Å². The smallest absolute Gasteiger partial charge is 0.290 e. The third-order valence-electron chi connectivity index (χ3n) is 4.10. The van der Waals surface area contributed by atoms with Crippen molar-refractivity contribution in [3.8, 4) is 0 Å².